The highest BCUT2D eigenvalue weighted by Crippen LogP contribution is 2.49. The fourth-order valence-electron chi connectivity index (χ4n) is 7.56. The topological polar surface area (TPSA) is 241 Å². The van der Waals surface area contributed by atoms with Crippen molar-refractivity contribution < 1.29 is 61.3 Å². The van der Waals surface area contributed by atoms with E-state index >= 15 is 0 Å². The molecule has 2 aromatic carbocycles. The molecule has 2 aliphatic heterocycles. The van der Waals surface area contributed by atoms with Gasteiger partial charge < -0.3 is 4.90 Å². The lowest BCUT2D eigenvalue weighted by Crippen LogP contribution is -2.32. The van der Waals surface area contributed by atoms with Crippen LogP contribution in [-0.4, -0.2) is 92.5 Å². The SMILES string of the molecule is CC(C)(C)C(=O)CCCCC1(C)C(/C=C/C=C/C=C2/N(CCCS(=O)(=O)O)c3ccc(S(=O)(=O)O)cc3C2(C)C)=[N+](CCCS(=O)(=O)O)c2ccc(S(=O)(=O)O)cc21. The summed E-state index contributed by atoms with van der Waals surface area (Å²) in [4.78, 5) is 13.9. The molecule has 2 aliphatic rings. The van der Waals surface area contributed by atoms with Crippen LogP contribution in [0.4, 0.5) is 11.4 Å². The minimum Gasteiger partial charge on any atom is -0.344 e. The third-order valence-corrected chi connectivity index (χ3v) is 13.9. The molecule has 19 heteroatoms. The summed E-state index contributed by atoms with van der Waals surface area (Å²) in [6, 6.07) is 8.33. The van der Waals surface area contributed by atoms with Crippen LogP contribution in [-0.2, 0) is 56.1 Å². The van der Waals surface area contributed by atoms with Gasteiger partial charge in [-0.1, -0.05) is 59.3 Å². The van der Waals surface area contributed by atoms with Crippen LogP contribution in [0.1, 0.15) is 91.2 Å². The van der Waals surface area contributed by atoms with Gasteiger partial charge in [-0.15, -0.1) is 0 Å². The Hall–Kier alpha value is -3.56. The Balaban J connectivity index is 1.78. The Morgan fingerprint density at radius 2 is 1.31 bits per heavy atom. The van der Waals surface area contributed by atoms with Crippen molar-refractivity contribution in [3.8, 4) is 0 Å². The van der Waals surface area contributed by atoms with E-state index in [4.69, 9.17) is 0 Å². The monoisotopic (exact) mass is 885 g/mol. The number of rotatable bonds is 18. The predicted octanol–water partition coefficient (Wildman–Crippen LogP) is 6.06. The van der Waals surface area contributed by atoms with Gasteiger partial charge in [-0.3, -0.25) is 23.0 Å². The number of carbonyl (C=O) groups is 1. The summed E-state index contributed by atoms with van der Waals surface area (Å²) in [5.41, 5.74) is 1.40. The molecule has 0 saturated heterocycles. The van der Waals surface area contributed by atoms with Gasteiger partial charge in [0.1, 0.15) is 12.3 Å². The molecule has 2 aromatic rings. The van der Waals surface area contributed by atoms with Crippen LogP contribution in [0.3, 0.4) is 0 Å². The molecule has 0 amide bonds. The number of unbranched alkanes of at least 4 members (excludes halogenated alkanes) is 1. The first-order valence-electron chi connectivity index (χ1n) is 18.6. The molecular formula is C39H53N2O13S4+. The third-order valence-electron chi connectivity index (χ3n) is 10.6. The van der Waals surface area contributed by atoms with Gasteiger partial charge in [0.2, 0.25) is 5.69 Å². The van der Waals surface area contributed by atoms with Gasteiger partial charge in [-0.2, -0.15) is 38.2 Å². The van der Waals surface area contributed by atoms with E-state index in [9.17, 15) is 56.7 Å². The molecule has 15 nitrogen and oxygen atoms in total. The second-order valence-electron chi connectivity index (χ2n) is 16.4. The van der Waals surface area contributed by atoms with Crippen molar-refractivity contribution in [3.63, 3.8) is 0 Å². The van der Waals surface area contributed by atoms with Crippen molar-refractivity contribution in [3.05, 3.63) is 83.6 Å². The minimum absolute atomic E-state index is 0.0239. The summed E-state index contributed by atoms with van der Waals surface area (Å²) < 4.78 is 135. The fraction of sp³-hybridized carbons (Fsp3) is 0.487. The molecule has 2 heterocycles. The van der Waals surface area contributed by atoms with E-state index in [1.807, 2.05) is 51.0 Å². The number of fused-ring (bicyclic) bond motifs is 2. The summed E-state index contributed by atoms with van der Waals surface area (Å²) in [7, 11) is -17.7. The lowest BCUT2D eigenvalue weighted by atomic mass is 9.75. The Labute approximate surface area is 342 Å². The Morgan fingerprint density at radius 1 is 0.741 bits per heavy atom. The Morgan fingerprint density at radius 3 is 1.88 bits per heavy atom. The van der Waals surface area contributed by atoms with Gasteiger partial charge in [-0.25, -0.2) is 0 Å². The normalized spacial score (nSPS) is 19.5. The van der Waals surface area contributed by atoms with E-state index in [0.29, 0.717) is 59.6 Å². The number of anilines is 1. The fourth-order valence-corrected chi connectivity index (χ4v) is 9.56. The summed E-state index contributed by atoms with van der Waals surface area (Å²) in [5, 5.41) is 0. The maximum atomic E-state index is 12.7. The van der Waals surface area contributed by atoms with E-state index in [0.717, 1.165) is 0 Å². The van der Waals surface area contributed by atoms with Crippen LogP contribution in [0.25, 0.3) is 0 Å². The summed E-state index contributed by atoms with van der Waals surface area (Å²) >= 11 is 0. The van der Waals surface area contributed by atoms with E-state index in [2.05, 4.69) is 0 Å². The smallest absolute Gasteiger partial charge is 0.294 e. The molecule has 320 valence electrons. The molecule has 0 fully saturated rings. The maximum absolute atomic E-state index is 12.7. The van der Waals surface area contributed by atoms with Crippen LogP contribution < -0.4 is 4.90 Å². The van der Waals surface area contributed by atoms with E-state index in [-0.39, 0.29) is 41.5 Å². The summed E-state index contributed by atoms with van der Waals surface area (Å²) in [6.07, 6.45) is 10.7. The Kier molecular flexibility index (Phi) is 14.0. The van der Waals surface area contributed by atoms with E-state index in [1.165, 1.54) is 36.4 Å². The molecule has 0 aliphatic carbocycles. The van der Waals surface area contributed by atoms with Gasteiger partial charge in [0.15, 0.2) is 5.71 Å². The molecule has 1 unspecified atom stereocenters. The first-order valence-corrected chi connectivity index (χ1v) is 24.7. The highest BCUT2D eigenvalue weighted by molar-refractivity contribution is 7.86. The van der Waals surface area contributed by atoms with Gasteiger partial charge in [0, 0.05) is 59.3 Å². The highest BCUT2D eigenvalue weighted by atomic mass is 32.2. The van der Waals surface area contributed by atoms with Gasteiger partial charge in [-0.05, 0) is 68.2 Å². The molecule has 0 saturated carbocycles. The standard InChI is InChI=1S/C39H52N2O13S4/c1-37(2,3)36(42)16-10-11-21-39(6)31-27-29(58(52,53)54)18-20-33(31)41(23-13-25-56(46,47)48)35(39)15-9-7-8-14-34-38(4,5)30-26-28(57(49,50)51)17-19-32(30)40(34)22-12-24-55(43,44)45/h7-9,14-15,17-20,26-27H,10-13,16,21-25H2,1-6H3,(H3-,43,44,45,46,47,48,49,50,51,52,53,54)/p+1. The predicted molar refractivity (Wildman–Crippen MR) is 221 cm³/mol. The van der Waals surface area contributed by atoms with Gasteiger partial charge in [0.05, 0.1) is 26.7 Å². The second-order valence-corrected chi connectivity index (χ2v) is 22.4. The van der Waals surface area contributed by atoms with E-state index < -0.39 is 68.2 Å². The van der Waals surface area contributed by atoms with Gasteiger partial charge >= 0.3 is 0 Å². The van der Waals surface area contributed by atoms with Crippen LogP contribution in [0, 0.1) is 5.41 Å². The number of carbonyl (C=O) groups excluding carboxylic acids is 1. The lowest BCUT2D eigenvalue weighted by molar-refractivity contribution is -0.437. The van der Waals surface area contributed by atoms with Crippen LogP contribution in [0.2, 0.25) is 0 Å². The number of hydrogen-bond acceptors (Lipinski definition) is 10. The van der Waals surface area contributed by atoms with E-state index in [1.54, 1.807) is 30.4 Å². The number of nitrogens with zero attached hydrogens (tertiary/aromatic N) is 2. The Bertz CT molecular complexity index is 2510. The summed E-state index contributed by atoms with van der Waals surface area (Å²) in [5.74, 6) is -0.937. The van der Waals surface area contributed by atoms with Crippen molar-refractivity contribution in [1.29, 1.82) is 0 Å². The first kappa shape index (κ1) is 47.1. The first-order chi connectivity index (χ1) is 26.5. The molecule has 0 spiro atoms. The van der Waals surface area contributed by atoms with Crippen molar-refractivity contribution in [1.82, 2.24) is 0 Å². The molecule has 58 heavy (non-hydrogen) atoms. The molecule has 4 rings (SSSR count). The zero-order valence-corrected chi connectivity index (χ0v) is 36.7. The molecule has 0 bridgehead atoms. The van der Waals surface area contributed by atoms with Crippen molar-refractivity contribution in [2.45, 2.75) is 101 Å². The zero-order chi connectivity index (χ0) is 43.7. The highest BCUT2D eigenvalue weighted by Gasteiger charge is 2.48. The second kappa shape index (κ2) is 17.2. The number of Topliss-reactive ketones (excluding diaryl/α,β-unsaturated/α-hetero) is 1. The van der Waals surface area contributed by atoms with Crippen molar-refractivity contribution in [2.75, 3.05) is 29.5 Å². The zero-order valence-electron chi connectivity index (χ0n) is 33.4. The number of allylic oxidation sites excluding steroid dienone is 6. The molecule has 0 radical (unpaired) electrons. The average molecular weight is 886 g/mol. The minimum atomic E-state index is -4.60. The average Bonchev–Trinajstić information content (AvgIpc) is 3.43. The molecule has 1 atom stereocenters. The van der Waals surface area contributed by atoms with Crippen molar-refractivity contribution in [2.24, 2.45) is 5.41 Å². The summed E-state index contributed by atoms with van der Waals surface area (Å²) in [6.45, 7) is 11.4. The third kappa shape index (κ3) is 11.4. The van der Waals surface area contributed by atoms with Gasteiger partial charge in [0.25, 0.3) is 40.5 Å². The van der Waals surface area contributed by atoms with Crippen molar-refractivity contribution >= 4 is 63.3 Å². The van der Waals surface area contributed by atoms with Crippen LogP contribution >= 0.6 is 0 Å². The molecule has 4 N–H and O–H groups in total. The largest absolute Gasteiger partial charge is 0.344 e. The molecule has 0 aromatic heterocycles. The maximum Gasteiger partial charge on any atom is 0.294 e. The quantitative estimate of drug-likeness (QED) is 0.0576. The number of ketones is 1. The number of hydrogen-bond donors (Lipinski definition) is 4. The van der Waals surface area contributed by atoms with Crippen LogP contribution in [0.15, 0.2) is 82.3 Å². The molecular weight excluding hydrogens is 833 g/mol. The lowest BCUT2D eigenvalue weighted by Gasteiger charge is -2.27. The number of benzene rings is 2. The van der Waals surface area contributed by atoms with Crippen LogP contribution in [0.5, 0.6) is 0 Å².